The van der Waals surface area contributed by atoms with E-state index in [1.165, 1.54) is 19.1 Å². The number of halogens is 4. The van der Waals surface area contributed by atoms with E-state index < -0.39 is 17.7 Å². The molecular weight excluding hydrogens is 455 g/mol. The molecule has 1 saturated heterocycles. The minimum Gasteiger partial charge on any atom is -0.481 e. The third-order valence-electron chi connectivity index (χ3n) is 6.26. The molecule has 178 valence electrons. The number of nitrogens with zero attached hydrogens (tertiary/aromatic N) is 1. The normalized spacial score (nSPS) is 20.4. The molecule has 2 aromatic rings. The zero-order valence-corrected chi connectivity index (χ0v) is 19.1. The first kappa shape index (κ1) is 25.2. The van der Waals surface area contributed by atoms with Gasteiger partial charge in [0.05, 0.1) is 5.56 Å². The Bertz CT molecular complexity index is 960. The van der Waals surface area contributed by atoms with E-state index in [1.54, 1.807) is 12.1 Å². The van der Waals surface area contributed by atoms with Crippen LogP contribution in [0.3, 0.4) is 0 Å². The van der Waals surface area contributed by atoms with E-state index in [9.17, 15) is 27.9 Å². The highest BCUT2D eigenvalue weighted by Gasteiger charge is 2.36. The van der Waals surface area contributed by atoms with E-state index in [2.05, 4.69) is 4.90 Å². The zero-order valence-electron chi connectivity index (χ0n) is 18.3. The highest BCUT2D eigenvalue weighted by molar-refractivity contribution is 6.30. The molecule has 0 spiro atoms. The number of Topliss-reactive ketones (excluding diaryl/α,β-unsaturated/α-hetero) is 1. The number of piperidine rings is 1. The third-order valence-corrected chi connectivity index (χ3v) is 6.52. The van der Waals surface area contributed by atoms with Crippen LogP contribution in [0, 0.1) is 5.92 Å². The lowest BCUT2D eigenvalue weighted by Crippen LogP contribution is -2.40. The minimum atomic E-state index is -4.43. The predicted molar refractivity (Wildman–Crippen MR) is 120 cm³/mol. The maximum absolute atomic E-state index is 13.1. The van der Waals surface area contributed by atoms with Crippen molar-refractivity contribution in [3.05, 3.63) is 70.2 Å². The van der Waals surface area contributed by atoms with Crippen LogP contribution in [0.1, 0.15) is 67.8 Å². The Labute approximate surface area is 196 Å². The van der Waals surface area contributed by atoms with Gasteiger partial charge in [0.15, 0.2) is 0 Å². The number of aliphatic carboxylic acids is 1. The quantitative estimate of drug-likeness (QED) is 0.456. The lowest BCUT2D eigenvalue weighted by Gasteiger charge is -2.44. The van der Waals surface area contributed by atoms with Crippen LogP contribution in [0.2, 0.25) is 5.02 Å². The number of alkyl halides is 3. The van der Waals surface area contributed by atoms with Crippen molar-refractivity contribution in [1.29, 1.82) is 0 Å². The number of carboxylic acid groups (broad SMARTS) is 1. The van der Waals surface area contributed by atoms with E-state index in [4.69, 9.17) is 11.6 Å². The molecule has 1 fully saturated rings. The number of carbonyl (C=O) groups excluding carboxylic acids is 1. The molecule has 3 rings (SSSR count). The van der Waals surface area contributed by atoms with Gasteiger partial charge in [0.1, 0.15) is 5.78 Å². The Morgan fingerprint density at radius 3 is 2.30 bits per heavy atom. The van der Waals surface area contributed by atoms with E-state index in [0.717, 1.165) is 17.7 Å². The highest BCUT2D eigenvalue weighted by Crippen LogP contribution is 2.43. The Hall–Kier alpha value is -2.38. The summed E-state index contributed by atoms with van der Waals surface area (Å²) in [6.45, 7) is 2.11. The molecule has 2 aromatic carbocycles. The van der Waals surface area contributed by atoms with Gasteiger partial charge >= 0.3 is 12.1 Å². The van der Waals surface area contributed by atoms with Gasteiger partial charge in [-0.1, -0.05) is 35.9 Å². The summed E-state index contributed by atoms with van der Waals surface area (Å²) in [7, 11) is 0. The molecule has 33 heavy (non-hydrogen) atoms. The molecule has 0 aromatic heterocycles. The fourth-order valence-electron chi connectivity index (χ4n) is 4.63. The maximum atomic E-state index is 13.1. The molecule has 0 radical (unpaired) electrons. The van der Waals surface area contributed by atoms with E-state index in [-0.39, 0.29) is 30.2 Å². The summed E-state index contributed by atoms with van der Waals surface area (Å²) in [4.78, 5) is 25.3. The van der Waals surface area contributed by atoms with Crippen molar-refractivity contribution >= 4 is 23.4 Å². The van der Waals surface area contributed by atoms with Crippen molar-refractivity contribution < 1.29 is 27.9 Å². The molecule has 1 aliphatic rings. The SMILES string of the molecule is CC(=O)CCC(c1ccc(Cl)cc1)N1CCC(CC(=O)O)CC1c1ccc(C(F)(F)F)cc1. The van der Waals surface area contributed by atoms with Crippen molar-refractivity contribution in [1.82, 2.24) is 4.90 Å². The Morgan fingerprint density at radius 1 is 1.12 bits per heavy atom. The summed E-state index contributed by atoms with van der Waals surface area (Å²) < 4.78 is 39.3. The van der Waals surface area contributed by atoms with Crippen LogP contribution in [0.25, 0.3) is 0 Å². The average Bonchev–Trinajstić information content (AvgIpc) is 2.74. The fraction of sp³-hybridized carbons (Fsp3) is 0.440. The third kappa shape index (κ3) is 6.81. The molecule has 0 saturated carbocycles. The van der Waals surface area contributed by atoms with Gasteiger partial charge in [-0.25, -0.2) is 0 Å². The van der Waals surface area contributed by atoms with Gasteiger partial charge in [-0.3, -0.25) is 9.69 Å². The predicted octanol–water partition coefficient (Wildman–Crippen LogP) is 6.70. The monoisotopic (exact) mass is 481 g/mol. The summed E-state index contributed by atoms with van der Waals surface area (Å²) in [5, 5.41) is 9.87. The first-order chi connectivity index (χ1) is 15.5. The molecule has 1 N–H and O–H groups in total. The number of hydrogen-bond donors (Lipinski definition) is 1. The van der Waals surface area contributed by atoms with Gasteiger partial charge in [-0.05, 0) is 74.0 Å². The first-order valence-electron chi connectivity index (χ1n) is 10.9. The number of ketones is 1. The van der Waals surface area contributed by atoms with E-state index in [0.29, 0.717) is 42.8 Å². The van der Waals surface area contributed by atoms with Gasteiger partial charge in [0.2, 0.25) is 0 Å². The number of carbonyl (C=O) groups is 2. The Morgan fingerprint density at radius 2 is 1.76 bits per heavy atom. The summed E-state index contributed by atoms with van der Waals surface area (Å²) in [6.07, 6.45) is -2.32. The zero-order chi connectivity index (χ0) is 24.2. The molecule has 4 nitrogen and oxygen atoms in total. The molecule has 0 bridgehead atoms. The maximum Gasteiger partial charge on any atom is 0.416 e. The summed E-state index contributed by atoms with van der Waals surface area (Å²) in [6, 6.07) is 12.1. The Balaban J connectivity index is 1.97. The summed E-state index contributed by atoms with van der Waals surface area (Å²) in [5.74, 6) is -0.907. The number of benzene rings is 2. The summed E-state index contributed by atoms with van der Waals surface area (Å²) in [5.41, 5.74) is 0.954. The van der Waals surface area contributed by atoms with E-state index >= 15 is 0 Å². The van der Waals surface area contributed by atoms with Crippen molar-refractivity contribution in [2.24, 2.45) is 5.92 Å². The topological polar surface area (TPSA) is 57.6 Å². The summed E-state index contributed by atoms with van der Waals surface area (Å²) >= 11 is 6.06. The van der Waals surface area contributed by atoms with Gasteiger partial charge in [0, 0.05) is 29.9 Å². The highest BCUT2D eigenvalue weighted by atomic mass is 35.5. The van der Waals surface area contributed by atoms with Gasteiger partial charge < -0.3 is 9.90 Å². The lowest BCUT2D eigenvalue weighted by atomic mass is 9.82. The molecule has 3 unspecified atom stereocenters. The lowest BCUT2D eigenvalue weighted by molar-refractivity contribution is -0.139. The van der Waals surface area contributed by atoms with Crippen LogP contribution in [0.4, 0.5) is 13.2 Å². The molecule has 1 aliphatic heterocycles. The number of hydrogen-bond acceptors (Lipinski definition) is 3. The largest absolute Gasteiger partial charge is 0.481 e. The molecular formula is C25H27ClF3NO3. The fourth-order valence-corrected chi connectivity index (χ4v) is 4.76. The number of rotatable bonds is 8. The van der Waals surface area contributed by atoms with Gasteiger partial charge in [-0.15, -0.1) is 0 Å². The van der Waals surface area contributed by atoms with E-state index in [1.807, 2.05) is 12.1 Å². The van der Waals surface area contributed by atoms with Crippen LogP contribution in [0.15, 0.2) is 48.5 Å². The smallest absolute Gasteiger partial charge is 0.416 e. The molecule has 0 amide bonds. The van der Waals surface area contributed by atoms with Crippen molar-refractivity contribution in [2.45, 2.75) is 57.3 Å². The van der Waals surface area contributed by atoms with Gasteiger partial charge in [-0.2, -0.15) is 13.2 Å². The van der Waals surface area contributed by atoms with Crippen LogP contribution >= 0.6 is 11.6 Å². The second kappa shape index (κ2) is 10.7. The standard InChI is InChI=1S/C25H27ClF3NO3/c1-16(31)2-11-22(18-5-9-21(26)10-6-18)30-13-12-17(15-24(32)33)14-23(30)19-3-7-20(8-4-19)25(27,28)29/h3-10,17,22-23H,2,11-15H2,1H3,(H,32,33). The second-order valence-corrected chi connectivity index (χ2v) is 9.11. The minimum absolute atomic E-state index is 0.0179. The molecule has 1 heterocycles. The molecule has 0 aliphatic carbocycles. The second-order valence-electron chi connectivity index (χ2n) is 8.67. The molecule has 3 atom stereocenters. The van der Waals surface area contributed by atoms with Crippen LogP contribution < -0.4 is 0 Å². The Kier molecular flexibility index (Phi) is 8.19. The van der Waals surface area contributed by atoms with Crippen molar-refractivity contribution in [3.63, 3.8) is 0 Å². The average molecular weight is 482 g/mol. The van der Waals surface area contributed by atoms with Gasteiger partial charge in [0.25, 0.3) is 0 Å². The van der Waals surface area contributed by atoms with Crippen molar-refractivity contribution in [3.8, 4) is 0 Å². The van der Waals surface area contributed by atoms with Crippen LogP contribution in [-0.4, -0.2) is 28.3 Å². The van der Waals surface area contributed by atoms with Crippen LogP contribution in [-0.2, 0) is 15.8 Å². The number of likely N-dealkylation sites (tertiary alicyclic amines) is 1. The number of carboxylic acids is 1. The molecule has 8 heteroatoms. The van der Waals surface area contributed by atoms with Crippen molar-refractivity contribution in [2.75, 3.05) is 6.54 Å². The first-order valence-corrected chi connectivity index (χ1v) is 11.3. The van der Waals surface area contributed by atoms with Crippen LogP contribution in [0.5, 0.6) is 0 Å².